The second kappa shape index (κ2) is 8.01. The van der Waals surface area contributed by atoms with E-state index in [1.54, 1.807) is 0 Å². The van der Waals surface area contributed by atoms with E-state index in [9.17, 15) is 0 Å². The van der Waals surface area contributed by atoms with E-state index in [2.05, 4.69) is 49.2 Å². The highest BCUT2D eigenvalue weighted by molar-refractivity contribution is 6.43. The molecule has 3 heteroatoms. The summed E-state index contributed by atoms with van der Waals surface area (Å²) in [6, 6.07) is 8.71. The monoisotopic (exact) mass is 335 g/mol. The zero-order chi connectivity index (χ0) is 16.1. The molecule has 0 radical (unpaired) electrons. The van der Waals surface area contributed by atoms with Crippen LogP contribution in [-0.2, 0) is 6.42 Å². The van der Waals surface area contributed by atoms with Gasteiger partial charge in [-0.1, -0.05) is 60.1 Å². The number of nitrogens with one attached hydrogen (secondary N) is 1. The minimum atomic E-state index is 0.359. The van der Waals surface area contributed by atoms with Crippen molar-refractivity contribution >= 4 is 23.2 Å². The molecule has 0 saturated carbocycles. The normalized spacial score (nSPS) is 22.4. The van der Waals surface area contributed by atoms with Crippen molar-refractivity contribution in [2.75, 3.05) is 13.6 Å². The third-order valence-electron chi connectivity index (χ3n) is 4.29. The SMILES string of the molecule is C=C(Cl)/C(Cl)=C\C(=C/C)[C@H]1C[C@H](CNC)Cc2ccccc21. The number of halogens is 2. The summed E-state index contributed by atoms with van der Waals surface area (Å²) in [5, 5.41) is 4.21. The number of fused-ring (bicyclic) bond motifs is 1. The summed E-state index contributed by atoms with van der Waals surface area (Å²) in [5.41, 5.74) is 4.05. The molecular formula is C19H23Cl2N. The average Bonchev–Trinajstić information content (AvgIpc) is 2.52. The van der Waals surface area contributed by atoms with Crippen molar-refractivity contribution in [1.29, 1.82) is 0 Å². The molecule has 22 heavy (non-hydrogen) atoms. The third-order valence-corrected chi connectivity index (χ3v) is 4.93. The zero-order valence-corrected chi connectivity index (χ0v) is 14.7. The van der Waals surface area contributed by atoms with Crippen LogP contribution in [-0.4, -0.2) is 13.6 Å². The van der Waals surface area contributed by atoms with Crippen LogP contribution in [0.15, 0.2) is 58.6 Å². The number of rotatable bonds is 5. The van der Waals surface area contributed by atoms with Gasteiger partial charge in [0, 0.05) is 5.92 Å². The van der Waals surface area contributed by atoms with E-state index in [4.69, 9.17) is 23.2 Å². The smallest absolute Gasteiger partial charge is 0.0589 e. The summed E-state index contributed by atoms with van der Waals surface area (Å²) >= 11 is 12.1. The number of hydrogen-bond donors (Lipinski definition) is 1. The lowest BCUT2D eigenvalue weighted by molar-refractivity contribution is 0.413. The molecule has 118 valence electrons. The van der Waals surface area contributed by atoms with Gasteiger partial charge in [-0.15, -0.1) is 0 Å². The van der Waals surface area contributed by atoms with E-state index >= 15 is 0 Å². The van der Waals surface area contributed by atoms with Gasteiger partial charge in [-0.05, 0) is 62.1 Å². The predicted molar refractivity (Wildman–Crippen MR) is 97.6 cm³/mol. The lowest BCUT2D eigenvalue weighted by Gasteiger charge is -2.32. The molecule has 1 aromatic rings. The largest absolute Gasteiger partial charge is 0.319 e. The minimum absolute atomic E-state index is 0.359. The molecule has 0 saturated heterocycles. The molecule has 0 fully saturated rings. The van der Waals surface area contributed by atoms with Crippen molar-refractivity contribution in [3.8, 4) is 0 Å². The lowest BCUT2D eigenvalue weighted by atomic mass is 9.73. The summed E-state index contributed by atoms with van der Waals surface area (Å²) in [4.78, 5) is 0. The fourth-order valence-corrected chi connectivity index (χ4v) is 3.46. The van der Waals surface area contributed by atoms with Crippen LogP contribution in [0.2, 0.25) is 0 Å². The van der Waals surface area contributed by atoms with Crippen LogP contribution in [0.3, 0.4) is 0 Å². The van der Waals surface area contributed by atoms with Crippen molar-refractivity contribution in [3.05, 3.63) is 69.8 Å². The van der Waals surface area contributed by atoms with Crippen molar-refractivity contribution < 1.29 is 0 Å². The van der Waals surface area contributed by atoms with Crippen LogP contribution in [0.5, 0.6) is 0 Å². The molecule has 0 unspecified atom stereocenters. The second-order valence-corrected chi connectivity index (χ2v) is 6.66. The molecule has 0 heterocycles. The van der Waals surface area contributed by atoms with Crippen LogP contribution >= 0.6 is 23.2 Å². The summed E-state index contributed by atoms with van der Waals surface area (Å²) in [5.74, 6) is 0.990. The highest BCUT2D eigenvalue weighted by Crippen LogP contribution is 2.40. The highest BCUT2D eigenvalue weighted by atomic mass is 35.5. The molecule has 2 rings (SSSR count). The maximum atomic E-state index is 6.21. The van der Waals surface area contributed by atoms with E-state index in [0.29, 0.717) is 21.9 Å². The molecule has 0 spiro atoms. The first-order valence-electron chi connectivity index (χ1n) is 7.67. The van der Waals surface area contributed by atoms with Crippen LogP contribution in [0.4, 0.5) is 0 Å². The van der Waals surface area contributed by atoms with Gasteiger partial charge in [0.05, 0.1) is 10.1 Å². The van der Waals surface area contributed by atoms with Gasteiger partial charge in [-0.25, -0.2) is 0 Å². The number of allylic oxidation sites excluding steroid dienone is 5. The minimum Gasteiger partial charge on any atom is -0.319 e. The van der Waals surface area contributed by atoms with Crippen LogP contribution < -0.4 is 5.32 Å². The Hall–Kier alpha value is -1.02. The van der Waals surface area contributed by atoms with Gasteiger partial charge >= 0.3 is 0 Å². The Kier molecular flexibility index (Phi) is 6.31. The summed E-state index contributed by atoms with van der Waals surface area (Å²) in [7, 11) is 2.01. The van der Waals surface area contributed by atoms with E-state index < -0.39 is 0 Å². The van der Waals surface area contributed by atoms with Crippen molar-refractivity contribution in [1.82, 2.24) is 5.32 Å². The summed E-state index contributed by atoms with van der Waals surface area (Å²) in [6.07, 6.45) is 6.34. The fourth-order valence-electron chi connectivity index (χ4n) is 3.28. The fraction of sp³-hybridized carbons (Fsp3) is 0.368. The van der Waals surface area contributed by atoms with Crippen molar-refractivity contribution in [2.24, 2.45) is 5.92 Å². The standard InChI is InChI=1S/C19H23Cl2N/c1-4-15(11-19(21)13(2)20)18-10-14(12-22-3)9-16-7-5-6-8-17(16)18/h4-8,11,14,18,22H,2,9-10,12H2,1,3H3/b15-4+,19-11+/t14-,18-/m1/s1. The first-order chi connectivity index (χ1) is 10.6. The van der Waals surface area contributed by atoms with Gasteiger partial charge in [-0.3, -0.25) is 0 Å². The highest BCUT2D eigenvalue weighted by Gasteiger charge is 2.28. The molecule has 1 N–H and O–H groups in total. The Labute approximate surface area is 143 Å². The van der Waals surface area contributed by atoms with E-state index in [1.165, 1.54) is 16.7 Å². The third kappa shape index (κ3) is 4.04. The molecule has 1 aromatic carbocycles. The molecule has 0 amide bonds. The van der Waals surface area contributed by atoms with Gasteiger partial charge in [0.15, 0.2) is 0 Å². The summed E-state index contributed by atoms with van der Waals surface area (Å²) in [6.45, 7) is 6.79. The molecule has 0 aromatic heterocycles. The van der Waals surface area contributed by atoms with E-state index in [1.807, 2.05) is 13.1 Å². The number of benzene rings is 1. The van der Waals surface area contributed by atoms with Gasteiger partial charge in [0.1, 0.15) is 0 Å². The molecule has 0 aliphatic heterocycles. The Bertz CT molecular complexity index is 601. The molecular weight excluding hydrogens is 313 g/mol. The molecule has 1 nitrogen and oxygen atoms in total. The van der Waals surface area contributed by atoms with E-state index in [0.717, 1.165) is 19.4 Å². The van der Waals surface area contributed by atoms with Crippen molar-refractivity contribution in [3.63, 3.8) is 0 Å². The molecule has 0 bridgehead atoms. The lowest BCUT2D eigenvalue weighted by Crippen LogP contribution is -2.27. The Morgan fingerprint density at radius 2 is 2.09 bits per heavy atom. The van der Waals surface area contributed by atoms with Crippen LogP contribution in [0.1, 0.15) is 30.4 Å². The van der Waals surface area contributed by atoms with Gasteiger partial charge in [0.2, 0.25) is 0 Å². The topological polar surface area (TPSA) is 12.0 Å². The van der Waals surface area contributed by atoms with E-state index in [-0.39, 0.29) is 0 Å². The molecule has 1 aliphatic carbocycles. The zero-order valence-electron chi connectivity index (χ0n) is 13.2. The maximum Gasteiger partial charge on any atom is 0.0589 e. The first kappa shape index (κ1) is 17.3. The van der Waals surface area contributed by atoms with Gasteiger partial charge in [0.25, 0.3) is 0 Å². The average molecular weight is 336 g/mol. The quantitative estimate of drug-likeness (QED) is 0.713. The van der Waals surface area contributed by atoms with Gasteiger partial charge < -0.3 is 5.32 Å². The number of hydrogen-bond acceptors (Lipinski definition) is 1. The summed E-state index contributed by atoms with van der Waals surface area (Å²) < 4.78 is 0. The first-order valence-corrected chi connectivity index (χ1v) is 8.43. The van der Waals surface area contributed by atoms with Gasteiger partial charge in [-0.2, -0.15) is 0 Å². The van der Waals surface area contributed by atoms with Crippen molar-refractivity contribution in [2.45, 2.75) is 25.7 Å². The second-order valence-electron chi connectivity index (χ2n) is 5.80. The molecule has 2 atom stereocenters. The Morgan fingerprint density at radius 1 is 1.36 bits per heavy atom. The Morgan fingerprint density at radius 3 is 2.73 bits per heavy atom. The van der Waals surface area contributed by atoms with Crippen LogP contribution in [0, 0.1) is 5.92 Å². The Balaban J connectivity index is 2.39. The van der Waals surface area contributed by atoms with Crippen LogP contribution in [0.25, 0.3) is 0 Å². The molecule has 1 aliphatic rings. The maximum absolute atomic E-state index is 6.21. The predicted octanol–water partition coefficient (Wildman–Crippen LogP) is 5.37.